The average molecular weight is 490 g/mol. The van der Waals surface area contributed by atoms with E-state index < -0.39 is 0 Å². The summed E-state index contributed by atoms with van der Waals surface area (Å²) in [6.07, 6.45) is 19.8. The predicted octanol–water partition coefficient (Wildman–Crippen LogP) is 8.66. The lowest BCUT2D eigenvalue weighted by atomic mass is 9.83. The quantitative estimate of drug-likeness (QED) is 0.193. The summed E-state index contributed by atoms with van der Waals surface area (Å²) in [4.78, 5) is 38.5. The maximum Gasteiger partial charge on any atom is 0.224 e. The van der Waals surface area contributed by atoms with Crippen molar-refractivity contribution < 1.29 is 14.4 Å². The van der Waals surface area contributed by atoms with E-state index in [-0.39, 0.29) is 17.5 Å². The molecule has 0 fully saturated rings. The summed E-state index contributed by atoms with van der Waals surface area (Å²) in [6.45, 7) is 2.27. The second-order valence-electron chi connectivity index (χ2n) is 10.2. The van der Waals surface area contributed by atoms with E-state index in [0.717, 1.165) is 19.3 Å². The maximum atomic E-state index is 13.1. The minimum absolute atomic E-state index is 0.0998. The van der Waals surface area contributed by atoms with Gasteiger partial charge in [-0.3, -0.25) is 14.4 Å². The summed E-state index contributed by atoms with van der Waals surface area (Å²) in [6, 6.07) is 12.0. The Labute approximate surface area is 217 Å². The summed E-state index contributed by atoms with van der Waals surface area (Å²) in [5, 5.41) is 2.89. The van der Waals surface area contributed by atoms with Crippen LogP contribution in [0.15, 0.2) is 42.5 Å². The third-order valence-corrected chi connectivity index (χ3v) is 7.23. The number of hydrogen-bond donors (Lipinski definition) is 1. The Morgan fingerprint density at radius 2 is 1.06 bits per heavy atom. The first-order chi connectivity index (χ1) is 17.6. The third-order valence-electron chi connectivity index (χ3n) is 7.23. The molecule has 0 unspecified atom stereocenters. The van der Waals surface area contributed by atoms with Crippen LogP contribution >= 0.6 is 0 Å². The van der Waals surface area contributed by atoms with E-state index in [1.54, 1.807) is 42.5 Å². The van der Waals surface area contributed by atoms with Gasteiger partial charge in [0.15, 0.2) is 11.6 Å². The van der Waals surface area contributed by atoms with Crippen molar-refractivity contribution in [3.63, 3.8) is 0 Å². The molecule has 2 aromatic carbocycles. The van der Waals surface area contributed by atoms with Gasteiger partial charge in [0, 0.05) is 23.1 Å². The molecule has 194 valence electrons. The minimum atomic E-state index is -0.205. The minimum Gasteiger partial charge on any atom is -0.325 e. The molecular weight excluding hydrogens is 446 g/mol. The van der Waals surface area contributed by atoms with Crippen molar-refractivity contribution in [1.82, 2.24) is 0 Å². The monoisotopic (exact) mass is 489 g/mol. The molecule has 0 saturated carbocycles. The van der Waals surface area contributed by atoms with E-state index in [0.29, 0.717) is 34.4 Å². The zero-order chi connectivity index (χ0) is 25.6. The first-order valence-corrected chi connectivity index (χ1v) is 14.2. The van der Waals surface area contributed by atoms with Gasteiger partial charge in [-0.25, -0.2) is 0 Å². The molecule has 4 nitrogen and oxygen atoms in total. The van der Waals surface area contributed by atoms with Crippen molar-refractivity contribution in [2.75, 3.05) is 5.32 Å². The summed E-state index contributed by atoms with van der Waals surface area (Å²) in [5.74, 6) is -0.473. The van der Waals surface area contributed by atoms with E-state index in [1.165, 1.54) is 77.0 Å². The fourth-order valence-corrected chi connectivity index (χ4v) is 5.12. The SMILES string of the molecule is CCCCCCCCCCCCCCCCCC(=O)Nc1cccc2c1C(=O)c1ccccc1C2=O. The molecule has 36 heavy (non-hydrogen) atoms. The van der Waals surface area contributed by atoms with Crippen LogP contribution in [0.3, 0.4) is 0 Å². The topological polar surface area (TPSA) is 63.2 Å². The van der Waals surface area contributed by atoms with Crippen LogP contribution in [-0.4, -0.2) is 17.5 Å². The molecule has 0 saturated heterocycles. The van der Waals surface area contributed by atoms with Gasteiger partial charge in [-0.2, -0.15) is 0 Å². The molecule has 3 rings (SSSR count). The Bertz CT molecular complexity index is 1010. The number of nitrogens with one attached hydrogen (secondary N) is 1. The number of benzene rings is 2. The molecule has 0 aliphatic heterocycles. The van der Waals surface area contributed by atoms with Crippen LogP contribution in [0.4, 0.5) is 5.69 Å². The normalized spacial score (nSPS) is 12.4. The standard InChI is InChI=1S/C32H43NO3/c1-2-3-4-5-6-7-8-9-10-11-12-13-14-15-16-24-29(34)33-28-23-19-22-27-30(28)32(36)26-21-18-17-20-25(26)31(27)35/h17-23H,2-16,24H2,1H3,(H,33,34). The van der Waals surface area contributed by atoms with Gasteiger partial charge >= 0.3 is 0 Å². The van der Waals surface area contributed by atoms with Gasteiger partial charge < -0.3 is 5.32 Å². The molecule has 2 aromatic rings. The number of rotatable bonds is 17. The Balaban J connectivity index is 1.29. The van der Waals surface area contributed by atoms with Crippen LogP contribution in [0.2, 0.25) is 0 Å². The number of ketones is 2. The number of carbonyl (C=O) groups excluding carboxylic acids is 3. The summed E-state index contributed by atoms with van der Waals surface area (Å²) >= 11 is 0. The van der Waals surface area contributed by atoms with Gasteiger partial charge in [-0.15, -0.1) is 0 Å². The predicted molar refractivity (Wildman–Crippen MR) is 148 cm³/mol. The van der Waals surface area contributed by atoms with Crippen molar-refractivity contribution in [3.8, 4) is 0 Å². The van der Waals surface area contributed by atoms with Crippen molar-refractivity contribution in [2.24, 2.45) is 0 Å². The second kappa shape index (κ2) is 15.4. The number of carbonyl (C=O) groups is 3. The highest BCUT2D eigenvalue weighted by atomic mass is 16.2. The van der Waals surface area contributed by atoms with Gasteiger partial charge in [0.05, 0.1) is 11.3 Å². The summed E-state index contributed by atoms with van der Waals surface area (Å²) in [5.41, 5.74) is 1.94. The van der Waals surface area contributed by atoms with Gasteiger partial charge in [0.1, 0.15) is 0 Å². The van der Waals surface area contributed by atoms with Crippen LogP contribution in [0.25, 0.3) is 0 Å². The first kappa shape index (κ1) is 27.8. The smallest absolute Gasteiger partial charge is 0.224 e. The highest BCUT2D eigenvalue weighted by Crippen LogP contribution is 2.32. The molecule has 0 aromatic heterocycles. The highest BCUT2D eigenvalue weighted by Gasteiger charge is 2.31. The Morgan fingerprint density at radius 3 is 1.61 bits per heavy atom. The van der Waals surface area contributed by atoms with Gasteiger partial charge in [-0.1, -0.05) is 133 Å². The van der Waals surface area contributed by atoms with E-state index in [4.69, 9.17) is 0 Å². The van der Waals surface area contributed by atoms with E-state index >= 15 is 0 Å². The van der Waals surface area contributed by atoms with Crippen molar-refractivity contribution in [3.05, 3.63) is 64.7 Å². The molecule has 1 aliphatic carbocycles. The van der Waals surface area contributed by atoms with Crippen molar-refractivity contribution in [2.45, 2.75) is 110 Å². The first-order valence-electron chi connectivity index (χ1n) is 14.2. The van der Waals surface area contributed by atoms with E-state index in [1.807, 2.05) is 0 Å². The molecule has 1 aliphatic rings. The number of fused-ring (bicyclic) bond motifs is 2. The maximum absolute atomic E-state index is 13.1. The molecular formula is C32H43NO3. The lowest BCUT2D eigenvalue weighted by molar-refractivity contribution is -0.116. The zero-order valence-corrected chi connectivity index (χ0v) is 22.1. The van der Waals surface area contributed by atoms with Crippen LogP contribution in [0, 0.1) is 0 Å². The summed E-state index contributed by atoms with van der Waals surface area (Å²) in [7, 11) is 0. The second-order valence-corrected chi connectivity index (χ2v) is 10.2. The number of amides is 1. The van der Waals surface area contributed by atoms with Crippen LogP contribution in [0.1, 0.15) is 141 Å². The van der Waals surface area contributed by atoms with E-state index in [9.17, 15) is 14.4 Å². The molecule has 1 N–H and O–H groups in total. The largest absolute Gasteiger partial charge is 0.325 e. The Kier molecular flexibility index (Phi) is 11.9. The number of anilines is 1. The molecule has 0 spiro atoms. The highest BCUT2D eigenvalue weighted by molar-refractivity contribution is 6.30. The van der Waals surface area contributed by atoms with Crippen molar-refractivity contribution >= 4 is 23.2 Å². The number of unbranched alkanes of at least 4 members (excludes halogenated alkanes) is 14. The van der Waals surface area contributed by atoms with Crippen molar-refractivity contribution in [1.29, 1.82) is 0 Å². The lowest BCUT2D eigenvalue weighted by Crippen LogP contribution is -2.23. The van der Waals surface area contributed by atoms with Gasteiger partial charge in [-0.05, 0) is 12.5 Å². The van der Waals surface area contributed by atoms with Crippen LogP contribution in [0.5, 0.6) is 0 Å². The van der Waals surface area contributed by atoms with Gasteiger partial charge in [0.2, 0.25) is 5.91 Å². The van der Waals surface area contributed by atoms with Crippen LogP contribution in [-0.2, 0) is 4.79 Å². The summed E-state index contributed by atoms with van der Waals surface area (Å²) < 4.78 is 0. The molecule has 4 heteroatoms. The molecule has 0 heterocycles. The molecule has 0 atom stereocenters. The molecule has 1 amide bonds. The third kappa shape index (κ3) is 8.15. The fraction of sp³-hybridized carbons (Fsp3) is 0.531. The number of hydrogen-bond acceptors (Lipinski definition) is 3. The van der Waals surface area contributed by atoms with Gasteiger partial charge in [0.25, 0.3) is 0 Å². The fourth-order valence-electron chi connectivity index (χ4n) is 5.12. The Hall–Kier alpha value is -2.75. The molecule has 0 bridgehead atoms. The average Bonchev–Trinajstić information content (AvgIpc) is 2.89. The van der Waals surface area contributed by atoms with Crippen LogP contribution < -0.4 is 5.32 Å². The Morgan fingerprint density at radius 1 is 0.583 bits per heavy atom. The van der Waals surface area contributed by atoms with E-state index in [2.05, 4.69) is 12.2 Å². The molecule has 0 radical (unpaired) electrons. The zero-order valence-electron chi connectivity index (χ0n) is 22.1. The lowest BCUT2D eigenvalue weighted by Gasteiger charge is -2.20.